The van der Waals surface area contributed by atoms with Crippen LogP contribution in [0.15, 0.2) is 18.5 Å². The molecule has 0 saturated carbocycles. The quantitative estimate of drug-likeness (QED) is 0.797. The van der Waals surface area contributed by atoms with Crippen LogP contribution in [-0.2, 0) is 4.79 Å². The molecule has 1 aromatic rings. The van der Waals surface area contributed by atoms with Gasteiger partial charge in [-0.05, 0) is 12.5 Å². The Morgan fingerprint density at radius 1 is 1.50 bits per heavy atom. The third-order valence-electron chi connectivity index (χ3n) is 2.08. The number of pyridine rings is 1. The highest BCUT2D eigenvalue weighted by molar-refractivity contribution is 6.00. The van der Waals surface area contributed by atoms with Crippen LogP contribution in [0.5, 0.6) is 0 Å². The van der Waals surface area contributed by atoms with E-state index in [2.05, 4.69) is 10.3 Å². The van der Waals surface area contributed by atoms with Gasteiger partial charge in [-0.15, -0.1) is 0 Å². The number of nitrogens with one attached hydrogen (secondary N) is 1. The molecule has 0 aliphatic heterocycles. The summed E-state index contributed by atoms with van der Waals surface area (Å²) in [4.78, 5) is 26.0. The van der Waals surface area contributed by atoms with E-state index < -0.39 is 5.97 Å². The van der Waals surface area contributed by atoms with E-state index in [-0.39, 0.29) is 17.2 Å². The van der Waals surface area contributed by atoms with E-state index in [1.165, 1.54) is 18.5 Å². The SMILES string of the molecule is CCCCC(=O)Nc1cnccc1C(=O)O. The van der Waals surface area contributed by atoms with Crippen molar-refractivity contribution in [2.24, 2.45) is 0 Å². The summed E-state index contributed by atoms with van der Waals surface area (Å²) in [5.41, 5.74) is 0.302. The van der Waals surface area contributed by atoms with Crippen LogP contribution in [0.25, 0.3) is 0 Å². The lowest BCUT2D eigenvalue weighted by Gasteiger charge is -2.06. The minimum Gasteiger partial charge on any atom is -0.478 e. The number of carboxylic acid groups (broad SMARTS) is 1. The van der Waals surface area contributed by atoms with E-state index >= 15 is 0 Å². The second-order valence-electron chi connectivity index (χ2n) is 3.38. The number of hydrogen-bond acceptors (Lipinski definition) is 3. The molecule has 86 valence electrons. The van der Waals surface area contributed by atoms with Crippen molar-refractivity contribution >= 4 is 17.6 Å². The first-order valence-corrected chi connectivity index (χ1v) is 5.12. The van der Waals surface area contributed by atoms with Gasteiger partial charge in [-0.1, -0.05) is 13.3 Å². The van der Waals surface area contributed by atoms with Crippen molar-refractivity contribution in [1.29, 1.82) is 0 Å². The zero-order chi connectivity index (χ0) is 12.0. The summed E-state index contributed by atoms with van der Waals surface area (Å²) >= 11 is 0. The van der Waals surface area contributed by atoms with E-state index in [4.69, 9.17) is 5.11 Å². The number of hydrogen-bond donors (Lipinski definition) is 2. The van der Waals surface area contributed by atoms with E-state index in [9.17, 15) is 9.59 Å². The molecule has 5 heteroatoms. The summed E-state index contributed by atoms with van der Waals surface area (Å²) in [6.45, 7) is 1.99. The Hall–Kier alpha value is -1.91. The number of anilines is 1. The summed E-state index contributed by atoms with van der Waals surface area (Å²) in [5, 5.41) is 11.4. The molecule has 0 radical (unpaired) electrons. The zero-order valence-corrected chi connectivity index (χ0v) is 9.06. The number of carboxylic acids is 1. The number of carbonyl (C=O) groups excluding carboxylic acids is 1. The van der Waals surface area contributed by atoms with Gasteiger partial charge in [-0.25, -0.2) is 4.79 Å². The molecule has 0 bridgehead atoms. The van der Waals surface area contributed by atoms with Crippen molar-refractivity contribution in [1.82, 2.24) is 4.98 Å². The van der Waals surface area contributed by atoms with Crippen LogP contribution in [0.1, 0.15) is 36.5 Å². The van der Waals surface area contributed by atoms with Gasteiger partial charge in [0, 0.05) is 12.6 Å². The van der Waals surface area contributed by atoms with Gasteiger partial charge in [0.2, 0.25) is 5.91 Å². The lowest BCUT2D eigenvalue weighted by molar-refractivity contribution is -0.116. The zero-order valence-electron chi connectivity index (χ0n) is 9.06. The molecule has 1 rings (SSSR count). The van der Waals surface area contributed by atoms with Gasteiger partial charge >= 0.3 is 5.97 Å². The predicted octanol–water partition coefficient (Wildman–Crippen LogP) is 1.91. The average Bonchev–Trinajstić information content (AvgIpc) is 2.27. The molecule has 0 saturated heterocycles. The van der Waals surface area contributed by atoms with Gasteiger partial charge in [0.1, 0.15) is 0 Å². The molecule has 0 aliphatic rings. The molecule has 1 aromatic heterocycles. The van der Waals surface area contributed by atoms with Crippen molar-refractivity contribution < 1.29 is 14.7 Å². The van der Waals surface area contributed by atoms with Crippen LogP contribution in [0.2, 0.25) is 0 Å². The van der Waals surface area contributed by atoms with Gasteiger partial charge in [0.05, 0.1) is 17.4 Å². The normalized spacial score (nSPS) is 9.81. The van der Waals surface area contributed by atoms with Gasteiger partial charge in [0.25, 0.3) is 0 Å². The van der Waals surface area contributed by atoms with Crippen LogP contribution in [0.4, 0.5) is 5.69 Å². The van der Waals surface area contributed by atoms with Crippen LogP contribution in [0.3, 0.4) is 0 Å². The lowest BCUT2D eigenvalue weighted by atomic mass is 10.2. The number of rotatable bonds is 5. The van der Waals surface area contributed by atoms with Crippen LogP contribution < -0.4 is 5.32 Å². The second-order valence-corrected chi connectivity index (χ2v) is 3.38. The number of unbranched alkanes of at least 4 members (excludes halogenated alkanes) is 1. The molecule has 0 fully saturated rings. The van der Waals surface area contributed by atoms with Crippen molar-refractivity contribution in [2.45, 2.75) is 26.2 Å². The first-order chi connectivity index (χ1) is 7.65. The fraction of sp³-hybridized carbons (Fsp3) is 0.364. The van der Waals surface area contributed by atoms with Gasteiger partial charge < -0.3 is 10.4 Å². The predicted molar refractivity (Wildman–Crippen MR) is 59.4 cm³/mol. The maximum Gasteiger partial charge on any atom is 0.337 e. The third kappa shape index (κ3) is 3.34. The summed E-state index contributed by atoms with van der Waals surface area (Å²) in [5.74, 6) is -1.26. The average molecular weight is 222 g/mol. The third-order valence-corrected chi connectivity index (χ3v) is 2.08. The van der Waals surface area contributed by atoms with E-state index in [0.29, 0.717) is 6.42 Å². The molecule has 2 N–H and O–H groups in total. The summed E-state index contributed by atoms with van der Waals surface area (Å²) in [7, 11) is 0. The Labute approximate surface area is 93.5 Å². The molecular weight excluding hydrogens is 208 g/mol. The Morgan fingerprint density at radius 3 is 2.88 bits per heavy atom. The smallest absolute Gasteiger partial charge is 0.337 e. The topological polar surface area (TPSA) is 79.3 Å². The summed E-state index contributed by atoms with van der Waals surface area (Å²) < 4.78 is 0. The Morgan fingerprint density at radius 2 is 2.25 bits per heavy atom. The highest BCUT2D eigenvalue weighted by Crippen LogP contribution is 2.13. The first-order valence-electron chi connectivity index (χ1n) is 5.12. The second kappa shape index (κ2) is 5.85. The standard InChI is InChI=1S/C11H14N2O3/c1-2-3-4-10(14)13-9-7-12-6-5-8(9)11(15)16/h5-7H,2-4H2,1H3,(H,13,14)(H,15,16). The van der Waals surface area contributed by atoms with Crippen LogP contribution >= 0.6 is 0 Å². The summed E-state index contributed by atoms with van der Waals surface area (Å²) in [6.07, 6.45) is 4.82. The largest absolute Gasteiger partial charge is 0.478 e. The van der Waals surface area contributed by atoms with Crippen molar-refractivity contribution in [3.05, 3.63) is 24.0 Å². The Kier molecular flexibility index (Phi) is 4.44. The summed E-state index contributed by atoms with van der Waals surface area (Å²) in [6, 6.07) is 1.36. The van der Waals surface area contributed by atoms with E-state index in [1.807, 2.05) is 6.92 Å². The number of carbonyl (C=O) groups is 2. The maximum absolute atomic E-state index is 11.4. The molecular formula is C11H14N2O3. The molecule has 0 aliphatic carbocycles. The number of aromatic carboxylic acids is 1. The molecule has 0 aromatic carbocycles. The highest BCUT2D eigenvalue weighted by Gasteiger charge is 2.11. The monoisotopic (exact) mass is 222 g/mol. The molecule has 1 heterocycles. The van der Waals surface area contributed by atoms with E-state index in [0.717, 1.165) is 12.8 Å². The first kappa shape index (κ1) is 12.2. The molecule has 0 spiro atoms. The molecule has 0 atom stereocenters. The van der Waals surface area contributed by atoms with Gasteiger partial charge in [-0.2, -0.15) is 0 Å². The number of aromatic nitrogens is 1. The maximum atomic E-state index is 11.4. The van der Waals surface area contributed by atoms with Gasteiger partial charge in [0.15, 0.2) is 0 Å². The van der Waals surface area contributed by atoms with Crippen molar-refractivity contribution in [2.75, 3.05) is 5.32 Å². The molecule has 5 nitrogen and oxygen atoms in total. The molecule has 0 unspecified atom stereocenters. The van der Waals surface area contributed by atoms with Crippen molar-refractivity contribution in [3.63, 3.8) is 0 Å². The van der Waals surface area contributed by atoms with Crippen LogP contribution in [-0.4, -0.2) is 22.0 Å². The minimum absolute atomic E-state index is 0.0554. The highest BCUT2D eigenvalue weighted by atomic mass is 16.4. The molecule has 16 heavy (non-hydrogen) atoms. The van der Waals surface area contributed by atoms with Crippen LogP contribution in [0, 0.1) is 0 Å². The van der Waals surface area contributed by atoms with E-state index in [1.54, 1.807) is 0 Å². The minimum atomic E-state index is -1.08. The number of nitrogens with zero attached hydrogens (tertiary/aromatic N) is 1. The fourth-order valence-electron chi connectivity index (χ4n) is 1.23. The molecule has 1 amide bonds. The fourth-order valence-corrected chi connectivity index (χ4v) is 1.23. The lowest BCUT2D eigenvalue weighted by Crippen LogP contribution is -2.14. The Bertz CT molecular complexity index is 391. The number of amides is 1. The Balaban J connectivity index is 2.73. The van der Waals surface area contributed by atoms with Crippen molar-refractivity contribution in [3.8, 4) is 0 Å². The van der Waals surface area contributed by atoms with Gasteiger partial charge in [-0.3, -0.25) is 9.78 Å².